The Morgan fingerprint density at radius 3 is 2.91 bits per heavy atom. The lowest BCUT2D eigenvalue weighted by Crippen LogP contribution is -2.47. The summed E-state index contributed by atoms with van der Waals surface area (Å²) in [6, 6.07) is 10.1. The van der Waals surface area contributed by atoms with Crippen LogP contribution in [0.25, 0.3) is 10.9 Å². The van der Waals surface area contributed by atoms with Crippen LogP contribution in [-0.4, -0.2) is 30.2 Å². The standard InChI is InChI=1S/C20H29N3/c1-2-8-18-16(6-1)15(14-23-18)11-13-22-20-10-5-7-17(20)19-9-3-4-12-21-19/h1-2,6,8,14,17,19-23H,3-5,7,9-13H2. The number of para-hydroxylation sites is 1. The van der Waals surface area contributed by atoms with Crippen LogP contribution < -0.4 is 10.6 Å². The molecule has 2 fully saturated rings. The minimum atomic E-state index is 0.718. The molecule has 0 amide bonds. The lowest BCUT2D eigenvalue weighted by Gasteiger charge is -2.33. The fraction of sp³-hybridized carbons (Fsp3) is 0.600. The molecule has 124 valence electrons. The molecule has 3 heteroatoms. The molecule has 3 unspecified atom stereocenters. The summed E-state index contributed by atoms with van der Waals surface area (Å²) in [5.41, 5.74) is 2.70. The Balaban J connectivity index is 1.33. The van der Waals surface area contributed by atoms with Gasteiger partial charge in [0.15, 0.2) is 0 Å². The molecule has 2 aromatic rings. The molecule has 1 aliphatic carbocycles. The van der Waals surface area contributed by atoms with Crippen molar-refractivity contribution < 1.29 is 0 Å². The largest absolute Gasteiger partial charge is 0.361 e. The average Bonchev–Trinajstić information content (AvgIpc) is 3.23. The number of hydrogen-bond acceptors (Lipinski definition) is 2. The highest BCUT2D eigenvalue weighted by molar-refractivity contribution is 5.83. The molecule has 1 aromatic heterocycles. The van der Waals surface area contributed by atoms with Gasteiger partial charge in [-0.15, -0.1) is 0 Å². The number of rotatable bonds is 5. The molecule has 1 saturated heterocycles. The second kappa shape index (κ2) is 7.06. The Morgan fingerprint density at radius 2 is 2.00 bits per heavy atom. The van der Waals surface area contributed by atoms with Crippen LogP contribution in [0.1, 0.15) is 44.1 Å². The van der Waals surface area contributed by atoms with Crippen LogP contribution in [0.4, 0.5) is 0 Å². The third-order valence-electron chi connectivity index (χ3n) is 5.91. The highest BCUT2D eigenvalue weighted by atomic mass is 15.0. The Morgan fingerprint density at radius 1 is 1.04 bits per heavy atom. The highest BCUT2D eigenvalue weighted by Crippen LogP contribution is 2.31. The molecule has 3 N–H and O–H groups in total. The molecule has 3 atom stereocenters. The van der Waals surface area contributed by atoms with Crippen LogP contribution in [0, 0.1) is 5.92 Å². The summed E-state index contributed by atoms with van der Waals surface area (Å²) in [7, 11) is 0. The summed E-state index contributed by atoms with van der Waals surface area (Å²) < 4.78 is 0. The summed E-state index contributed by atoms with van der Waals surface area (Å²) in [5.74, 6) is 0.846. The first-order chi connectivity index (χ1) is 11.4. The summed E-state index contributed by atoms with van der Waals surface area (Å²) in [5, 5.41) is 9.03. The lowest BCUT2D eigenvalue weighted by molar-refractivity contribution is 0.258. The van der Waals surface area contributed by atoms with Gasteiger partial charge in [-0.2, -0.15) is 0 Å². The van der Waals surface area contributed by atoms with Crippen molar-refractivity contribution in [2.45, 2.75) is 57.0 Å². The van der Waals surface area contributed by atoms with E-state index in [0.717, 1.165) is 31.0 Å². The van der Waals surface area contributed by atoms with E-state index in [0.29, 0.717) is 0 Å². The van der Waals surface area contributed by atoms with Crippen LogP contribution in [0.5, 0.6) is 0 Å². The first-order valence-corrected chi connectivity index (χ1v) is 9.43. The van der Waals surface area contributed by atoms with Gasteiger partial charge in [0.05, 0.1) is 0 Å². The van der Waals surface area contributed by atoms with E-state index in [1.807, 2.05) is 0 Å². The Kier molecular flexibility index (Phi) is 4.67. The van der Waals surface area contributed by atoms with Gasteiger partial charge in [0.2, 0.25) is 0 Å². The van der Waals surface area contributed by atoms with E-state index in [9.17, 15) is 0 Å². The zero-order valence-electron chi connectivity index (χ0n) is 14.0. The normalized spacial score (nSPS) is 28.4. The highest BCUT2D eigenvalue weighted by Gasteiger charge is 2.33. The van der Waals surface area contributed by atoms with Gasteiger partial charge in [0.1, 0.15) is 0 Å². The minimum absolute atomic E-state index is 0.718. The van der Waals surface area contributed by atoms with E-state index in [1.54, 1.807) is 0 Å². The van der Waals surface area contributed by atoms with Crippen molar-refractivity contribution in [1.29, 1.82) is 0 Å². The van der Waals surface area contributed by atoms with Crippen molar-refractivity contribution in [3.63, 3.8) is 0 Å². The molecule has 1 saturated carbocycles. The van der Waals surface area contributed by atoms with Crippen molar-refractivity contribution in [1.82, 2.24) is 15.6 Å². The van der Waals surface area contributed by atoms with E-state index in [2.05, 4.69) is 46.1 Å². The van der Waals surface area contributed by atoms with Crippen LogP contribution in [0.3, 0.4) is 0 Å². The van der Waals surface area contributed by atoms with E-state index in [1.165, 1.54) is 61.5 Å². The van der Waals surface area contributed by atoms with E-state index in [-0.39, 0.29) is 0 Å². The van der Waals surface area contributed by atoms with Gasteiger partial charge in [-0.05, 0) is 62.7 Å². The molecule has 1 aliphatic heterocycles. The number of nitrogens with one attached hydrogen (secondary N) is 3. The van der Waals surface area contributed by atoms with Gasteiger partial charge >= 0.3 is 0 Å². The third kappa shape index (κ3) is 3.31. The number of piperidine rings is 1. The summed E-state index contributed by atoms with van der Waals surface area (Å²) in [6.45, 7) is 2.32. The molecular formula is C20H29N3. The van der Waals surface area contributed by atoms with Crippen LogP contribution in [0.15, 0.2) is 30.5 Å². The molecule has 0 spiro atoms. The first-order valence-electron chi connectivity index (χ1n) is 9.43. The lowest BCUT2D eigenvalue weighted by atomic mass is 9.88. The Labute approximate surface area is 139 Å². The second-order valence-corrected chi connectivity index (χ2v) is 7.32. The Bertz CT molecular complexity index is 627. The quantitative estimate of drug-likeness (QED) is 0.789. The predicted molar refractivity (Wildman–Crippen MR) is 96.8 cm³/mol. The zero-order valence-corrected chi connectivity index (χ0v) is 14.0. The van der Waals surface area contributed by atoms with Crippen molar-refractivity contribution in [3.05, 3.63) is 36.0 Å². The summed E-state index contributed by atoms with van der Waals surface area (Å²) in [4.78, 5) is 3.39. The van der Waals surface area contributed by atoms with E-state index < -0.39 is 0 Å². The maximum atomic E-state index is 3.88. The van der Waals surface area contributed by atoms with Crippen LogP contribution in [0.2, 0.25) is 0 Å². The van der Waals surface area contributed by atoms with E-state index >= 15 is 0 Å². The molecule has 2 aliphatic rings. The van der Waals surface area contributed by atoms with Gasteiger partial charge in [0.25, 0.3) is 0 Å². The van der Waals surface area contributed by atoms with Gasteiger partial charge in [-0.25, -0.2) is 0 Å². The van der Waals surface area contributed by atoms with Gasteiger partial charge in [0, 0.05) is 29.2 Å². The third-order valence-corrected chi connectivity index (χ3v) is 5.91. The Hall–Kier alpha value is -1.32. The maximum absolute atomic E-state index is 3.88. The number of fused-ring (bicyclic) bond motifs is 1. The molecule has 1 aromatic carbocycles. The monoisotopic (exact) mass is 311 g/mol. The van der Waals surface area contributed by atoms with Crippen molar-refractivity contribution in [2.24, 2.45) is 5.92 Å². The van der Waals surface area contributed by atoms with Crippen molar-refractivity contribution >= 4 is 10.9 Å². The van der Waals surface area contributed by atoms with E-state index in [4.69, 9.17) is 0 Å². The SMILES string of the molecule is c1ccc2c(CCNC3CCCC3C3CCCCN3)c[nH]c2c1. The topological polar surface area (TPSA) is 39.8 Å². The number of aromatic nitrogens is 1. The molecule has 4 rings (SSSR count). The number of aromatic amines is 1. The van der Waals surface area contributed by atoms with Crippen LogP contribution >= 0.6 is 0 Å². The van der Waals surface area contributed by atoms with Crippen LogP contribution in [-0.2, 0) is 6.42 Å². The maximum Gasteiger partial charge on any atom is 0.0456 e. The molecule has 0 radical (unpaired) electrons. The molecule has 3 nitrogen and oxygen atoms in total. The molecule has 23 heavy (non-hydrogen) atoms. The fourth-order valence-electron chi connectivity index (χ4n) is 4.70. The predicted octanol–water partition coefficient (Wildman–Crippen LogP) is 3.61. The van der Waals surface area contributed by atoms with Crippen molar-refractivity contribution in [2.75, 3.05) is 13.1 Å². The van der Waals surface area contributed by atoms with Gasteiger partial charge in [-0.3, -0.25) is 0 Å². The fourth-order valence-corrected chi connectivity index (χ4v) is 4.70. The number of hydrogen-bond donors (Lipinski definition) is 3. The van der Waals surface area contributed by atoms with Gasteiger partial charge < -0.3 is 15.6 Å². The second-order valence-electron chi connectivity index (χ2n) is 7.32. The smallest absolute Gasteiger partial charge is 0.0456 e. The molecule has 2 heterocycles. The molecule has 0 bridgehead atoms. The number of benzene rings is 1. The summed E-state index contributed by atoms with van der Waals surface area (Å²) >= 11 is 0. The number of H-pyrrole nitrogens is 1. The zero-order chi connectivity index (χ0) is 15.5. The first kappa shape index (κ1) is 15.2. The van der Waals surface area contributed by atoms with Gasteiger partial charge in [-0.1, -0.05) is 31.0 Å². The minimum Gasteiger partial charge on any atom is -0.361 e. The molecular weight excluding hydrogens is 282 g/mol. The average molecular weight is 311 g/mol. The van der Waals surface area contributed by atoms with Crippen molar-refractivity contribution in [3.8, 4) is 0 Å². The summed E-state index contributed by atoms with van der Waals surface area (Å²) in [6.07, 6.45) is 11.6.